The summed E-state index contributed by atoms with van der Waals surface area (Å²) in [6, 6.07) is 27.3. The zero-order valence-electron chi connectivity index (χ0n) is 17.0. The fraction of sp³-hybridized carbons (Fsp3) is 0.185. The van der Waals surface area contributed by atoms with Gasteiger partial charge in [0.15, 0.2) is 0 Å². The lowest BCUT2D eigenvalue weighted by Gasteiger charge is -2.18. The van der Waals surface area contributed by atoms with Crippen molar-refractivity contribution in [3.63, 3.8) is 0 Å². The number of fused-ring (bicyclic) bond motifs is 5. The normalized spacial score (nSPS) is 14.8. The molecule has 0 N–H and O–H groups in total. The van der Waals surface area contributed by atoms with Crippen molar-refractivity contribution in [2.75, 3.05) is 19.0 Å². The number of anilines is 1. The van der Waals surface area contributed by atoms with Crippen LogP contribution in [-0.2, 0) is 0 Å². The maximum Gasteiger partial charge on any atom is 0.0361 e. The van der Waals surface area contributed by atoms with Crippen molar-refractivity contribution in [2.45, 2.75) is 19.8 Å². The van der Waals surface area contributed by atoms with Gasteiger partial charge in [0.25, 0.3) is 0 Å². The van der Waals surface area contributed by atoms with E-state index in [1.807, 2.05) is 0 Å². The number of hydrogen-bond acceptors (Lipinski definition) is 1. The van der Waals surface area contributed by atoms with Crippen LogP contribution in [0.4, 0.5) is 5.69 Å². The monoisotopic (exact) mass is 363 g/mol. The third-order valence-electron chi connectivity index (χ3n) is 6.12. The van der Waals surface area contributed by atoms with Gasteiger partial charge in [0.1, 0.15) is 0 Å². The summed E-state index contributed by atoms with van der Waals surface area (Å²) in [5.41, 5.74) is 11.0. The first kappa shape index (κ1) is 17.1. The van der Waals surface area contributed by atoms with E-state index in [9.17, 15) is 0 Å². The molecule has 1 unspecified atom stereocenters. The van der Waals surface area contributed by atoms with Crippen LogP contribution in [0.1, 0.15) is 33.7 Å². The fourth-order valence-electron chi connectivity index (χ4n) is 4.75. The van der Waals surface area contributed by atoms with Crippen LogP contribution in [0.25, 0.3) is 21.9 Å². The average molecular weight is 364 g/mol. The van der Waals surface area contributed by atoms with Crippen molar-refractivity contribution in [1.29, 1.82) is 0 Å². The lowest BCUT2D eigenvalue weighted by Crippen LogP contribution is -2.08. The van der Waals surface area contributed by atoms with Crippen molar-refractivity contribution in [3.8, 4) is 11.1 Å². The number of hydrogen-bond donors (Lipinski definition) is 0. The Morgan fingerprint density at radius 1 is 0.714 bits per heavy atom. The van der Waals surface area contributed by atoms with E-state index < -0.39 is 0 Å². The fourth-order valence-corrected chi connectivity index (χ4v) is 4.75. The molecule has 0 radical (unpaired) electrons. The van der Waals surface area contributed by atoms with Crippen molar-refractivity contribution < 1.29 is 0 Å². The molecule has 1 heteroatoms. The molecule has 4 aromatic carbocycles. The lowest BCUT2D eigenvalue weighted by atomic mass is 9.87. The van der Waals surface area contributed by atoms with Gasteiger partial charge < -0.3 is 4.90 Å². The largest absolute Gasteiger partial charge is 0.378 e. The maximum atomic E-state index is 2.41. The molecule has 0 aromatic heterocycles. The first-order valence-corrected chi connectivity index (χ1v) is 9.95. The van der Waals surface area contributed by atoms with Crippen molar-refractivity contribution in [3.05, 3.63) is 101 Å². The van der Waals surface area contributed by atoms with Crippen LogP contribution in [0, 0.1) is 13.8 Å². The molecule has 5 rings (SSSR count). The number of benzene rings is 4. The van der Waals surface area contributed by atoms with E-state index in [1.54, 1.807) is 0 Å². The van der Waals surface area contributed by atoms with Gasteiger partial charge in [-0.3, -0.25) is 0 Å². The Morgan fingerprint density at radius 2 is 1.43 bits per heavy atom. The summed E-state index contributed by atoms with van der Waals surface area (Å²) in [5, 5.41) is 2.73. The molecule has 4 aromatic rings. The molecule has 1 aliphatic rings. The highest BCUT2D eigenvalue weighted by Gasteiger charge is 2.31. The van der Waals surface area contributed by atoms with Gasteiger partial charge in [-0.25, -0.2) is 0 Å². The topological polar surface area (TPSA) is 3.24 Å². The predicted molar refractivity (Wildman–Crippen MR) is 121 cm³/mol. The third kappa shape index (κ3) is 2.46. The molecule has 1 nitrogen and oxygen atoms in total. The molecular weight excluding hydrogens is 338 g/mol. The molecule has 0 bridgehead atoms. The van der Waals surface area contributed by atoms with Crippen molar-refractivity contribution in [1.82, 2.24) is 0 Å². The summed E-state index contributed by atoms with van der Waals surface area (Å²) in [7, 11) is 4.18. The number of aryl methyl sites for hydroxylation is 2. The average Bonchev–Trinajstić information content (AvgIpc) is 3.01. The Bertz CT molecular complexity index is 1200. The predicted octanol–water partition coefficient (Wildman–Crippen LogP) is 6.68. The molecular formula is C27H25N. The number of nitrogens with zero attached hydrogens (tertiary/aromatic N) is 1. The molecule has 0 saturated carbocycles. The minimum Gasteiger partial charge on any atom is -0.378 e. The highest BCUT2D eigenvalue weighted by molar-refractivity contribution is 6.03. The zero-order chi connectivity index (χ0) is 19.4. The van der Waals surface area contributed by atoms with E-state index in [0.717, 1.165) is 0 Å². The highest BCUT2D eigenvalue weighted by Crippen LogP contribution is 2.51. The van der Waals surface area contributed by atoms with Crippen molar-refractivity contribution in [2.24, 2.45) is 0 Å². The second-order valence-electron chi connectivity index (χ2n) is 8.21. The molecule has 28 heavy (non-hydrogen) atoms. The van der Waals surface area contributed by atoms with Crippen LogP contribution in [0.15, 0.2) is 72.8 Å². The molecule has 0 heterocycles. The zero-order valence-corrected chi connectivity index (χ0v) is 17.0. The van der Waals surface area contributed by atoms with Crippen molar-refractivity contribution >= 4 is 16.5 Å². The van der Waals surface area contributed by atoms with Crippen LogP contribution in [0.5, 0.6) is 0 Å². The molecule has 0 saturated heterocycles. The van der Waals surface area contributed by atoms with E-state index in [1.165, 1.54) is 55.4 Å². The first-order valence-electron chi connectivity index (χ1n) is 9.95. The van der Waals surface area contributed by atoms with Gasteiger partial charge >= 0.3 is 0 Å². The molecule has 1 atom stereocenters. The van der Waals surface area contributed by atoms with Gasteiger partial charge in [-0.1, -0.05) is 66.2 Å². The van der Waals surface area contributed by atoms with E-state index in [4.69, 9.17) is 0 Å². The Hall–Kier alpha value is -3.06. The molecule has 1 aliphatic carbocycles. The summed E-state index contributed by atoms with van der Waals surface area (Å²) in [4.78, 5) is 2.15. The SMILES string of the molecule is Cc1ccc2c(c1)C(c1ccc(N(C)C)cc1)c1cc(C)c3ccccc3c1-2. The standard InChI is InChI=1S/C27H25N/c1-17-9-14-23-24(15-17)26(19-10-12-20(13-11-19)28(3)4)25-16-18(2)21-7-5-6-8-22(21)27(23)25/h5-16,26H,1-4H3. The van der Waals surface area contributed by atoms with Crippen LogP contribution in [0.2, 0.25) is 0 Å². The minimum absolute atomic E-state index is 0.296. The molecule has 0 spiro atoms. The van der Waals surface area contributed by atoms with Gasteiger partial charge in [0, 0.05) is 25.7 Å². The van der Waals surface area contributed by atoms with E-state index in [2.05, 4.69) is 106 Å². The van der Waals surface area contributed by atoms with Gasteiger partial charge in [-0.05, 0) is 70.1 Å². The van der Waals surface area contributed by atoms with Gasteiger partial charge in [0.05, 0.1) is 0 Å². The third-order valence-corrected chi connectivity index (χ3v) is 6.12. The smallest absolute Gasteiger partial charge is 0.0361 e. The van der Waals surface area contributed by atoms with Crippen LogP contribution < -0.4 is 4.90 Å². The quantitative estimate of drug-likeness (QED) is 0.338. The molecule has 0 aliphatic heterocycles. The summed E-state index contributed by atoms with van der Waals surface area (Å²) in [5.74, 6) is 0.296. The first-order chi connectivity index (χ1) is 13.5. The Balaban J connectivity index is 1.81. The van der Waals surface area contributed by atoms with Gasteiger partial charge in [-0.2, -0.15) is 0 Å². The second kappa shape index (κ2) is 6.24. The van der Waals surface area contributed by atoms with E-state index in [-0.39, 0.29) is 0 Å². The summed E-state index contributed by atoms with van der Waals surface area (Å²) >= 11 is 0. The second-order valence-corrected chi connectivity index (χ2v) is 8.21. The Labute approximate surface area is 167 Å². The molecule has 138 valence electrons. The van der Waals surface area contributed by atoms with Gasteiger partial charge in [-0.15, -0.1) is 0 Å². The summed E-state index contributed by atoms with van der Waals surface area (Å²) in [6.07, 6.45) is 0. The van der Waals surface area contributed by atoms with Crippen LogP contribution in [0.3, 0.4) is 0 Å². The molecule has 0 fully saturated rings. The Morgan fingerprint density at radius 3 is 2.14 bits per heavy atom. The number of rotatable bonds is 2. The maximum absolute atomic E-state index is 2.41. The van der Waals surface area contributed by atoms with Crippen LogP contribution >= 0.6 is 0 Å². The molecule has 0 amide bonds. The summed E-state index contributed by atoms with van der Waals surface area (Å²) in [6.45, 7) is 4.43. The van der Waals surface area contributed by atoms with Crippen LogP contribution in [-0.4, -0.2) is 14.1 Å². The Kier molecular flexibility index (Phi) is 3.80. The minimum atomic E-state index is 0.296. The highest BCUT2D eigenvalue weighted by atomic mass is 15.1. The lowest BCUT2D eigenvalue weighted by molar-refractivity contribution is 1.01. The summed E-state index contributed by atoms with van der Waals surface area (Å²) < 4.78 is 0. The van der Waals surface area contributed by atoms with Gasteiger partial charge in [0.2, 0.25) is 0 Å². The van der Waals surface area contributed by atoms with E-state index in [0.29, 0.717) is 5.92 Å². The van der Waals surface area contributed by atoms with E-state index >= 15 is 0 Å².